The monoisotopic (exact) mass is 443 g/mol. The molecule has 0 radical (unpaired) electrons. The molecule has 1 aromatic carbocycles. The Morgan fingerprint density at radius 1 is 1.10 bits per heavy atom. The molecule has 0 unspecified atom stereocenters. The zero-order valence-corrected chi connectivity index (χ0v) is 17.5. The zero-order chi connectivity index (χ0) is 22.4. The third kappa shape index (κ3) is 6.75. The number of amides is 3. The van der Waals surface area contributed by atoms with E-state index in [1.807, 2.05) is 4.90 Å². The number of alkyl halides is 3. The van der Waals surface area contributed by atoms with Gasteiger partial charge in [0.15, 0.2) is 0 Å². The highest BCUT2D eigenvalue weighted by molar-refractivity contribution is 5.75. The summed E-state index contributed by atoms with van der Waals surface area (Å²) in [6, 6.07) is 5.47. The van der Waals surface area contributed by atoms with Gasteiger partial charge < -0.3 is 24.6 Å². The van der Waals surface area contributed by atoms with Crippen molar-refractivity contribution in [2.45, 2.75) is 57.6 Å². The highest BCUT2D eigenvalue weighted by Crippen LogP contribution is 2.25. The standard InChI is InChI=1S/C21H28F3N3O4/c1-15(28)27(18-8-12-30-13-9-18)17-6-10-26(11-7-17)20(29)25-14-16-2-4-19(5-3-16)31-21(22,23)24/h2-5,17-18H,6-14H2,1H3,(H,25,29). The van der Waals surface area contributed by atoms with Crippen LogP contribution in [-0.2, 0) is 16.1 Å². The van der Waals surface area contributed by atoms with E-state index < -0.39 is 6.36 Å². The molecule has 2 fully saturated rings. The predicted molar refractivity (Wildman–Crippen MR) is 106 cm³/mol. The fraction of sp³-hybridized carbons (Fsp3) is 0.619. The van der Waals surface area contributed by atoms with Gasteiger partial charge in [-0.2, -0.15) is 0 Å². The van der Waals surface area contributed by atoms with Gasteiger partial charge in [-0.3, -0.25) is 4.79 Å². The number of benzene rings is 1. The number of nitrogens with one attached hydrogen (secondary N) is 1. The van der Waals surface area contributed by atoms with Gasteiger partial charge in [-0.05, 0) is 43.4 Å². The zero-order valence-electron chi connectivity index (χ0n) is 17.5. The molecule has 0 spiro atoms. The summed E-state index contributed by atoms with van der Waals surface area (Å²) in [5.74, 6) is -0.239. The van der Waals surface area contributed by atoms with Crippen LogP contribution in [0.1, 0.15) is 38.2 Å². The van der Waals surface area contributed by atoms with E-state index in [2.05, 4.69) is 10.1 Å². The van der Waals surface area contributed by atoms with E-state index in [0.29, 0.717) is 44.7 Å². The first-order chi connectivity index (χ1) is 14.7. The van der Waals surface area contributed by atoms with Crippen molar-refractivity contribution in [1.29, 1.82) is 0 Å². The number of carbonyl (C=O) groups excluding carboxylic acids is 2. The average Bonchev–Trinajstić information content (AvgIpc) is 2.73. The topological polar surface area (TPSA) is 71.1 Å². The molecule has 10 heteroatoms. The maximum Gasteiger partial charge on any atom is 0.573 e. The summed E-state index contributed by atoms with van der Waals surface area (Å²) in [5.41, 5.74) is 0.667. The van der Waals surface area contributed by atoms with E-state index >= 15 is 0 Å². The number of hydrogen-bond donors (Lipinski definition) is 1. The van der Waals surface area contributed by atoms with Crippen LogP contribution in [0.15, 0.2) is 24.3 Å². The van der Waals surface area contributed by atoms with Crippen LogP contribution < -0.4 is 10.1 Å². The second-order valence-electron chi connectivity index (χ2n) is 7.84. The minimum atomic E-state index is -4.73. The summed E-state index contributed by atoms with van der Waals surface area (Å²) >= 11 is 0. The Labute approximate surface area is 179 Å². The summed E-state index contributed by atoms with van der Waals surface area (Å²) in [6.07, 6.45) is -1.62. The van der Waals surface area contributed by atoms with Crippen molar-refractivity contribution in [3.05, 3.63) is 29.8 Å². The van der Waals surface area contributed by atoms with Crippen LogP contribution >= 0.6 is 0 Å². The SMILES string of the molecule is CC(=O)N(C1CCOCC1)C1CCN(C(=O)NCc2ccc(OC(F)(F)F)cc2)CC1. The van der Waals surface area contributed by atoms with Crippen molar-refractivity contribution in [2.75, 3.05) is 26.3 Å². The van der Waals surface area contributed by atoms with E-state index in [4.69, 9.17) is 4.74 Å². The molecule has 172 valence electrons. The number of carbonyl (C=O) groups is 2. The molecule has 0 aliphatic carbocycles. The molecule has 2 aliphatic heterocycles. The molecular formula is C21H28F3N3O4. The summed E-state index contributed by atoms with van der Waals surface area (Å²) < 4.78 is 45.9. The quantitative estimate of drug-likeness (QED) is 0.758. The molecule has 31 heavy (non-hydrogen) atoms. The Hall–Kier alpha value is -2.49. The van der Waals surface area contributed by atoms with Crippen LogP contribution in [0.2, 0.25) is 0 Å². The Bertz CT molecular complexity index is 743. The van der Waals surface area contributed by atoms with Gasteiger partial charge in [-0.15, -0.1) is 13.2 Å². The number of likely N-dealkylation sites (tertiary alicyclic amines) is 1. The molecule has 0 atom stereocenters. The first-order valence-corrected chi connectivity index (χ1v) is 10.5. The minimum Gasteiger partial charge on any atom is -0.406 e. The molecule has 0 aromatic heterocycles. The average molecular weight is 443 g/mol. The molecule has 2 heterocycles. The molecule has 7 nitrogen and oxygen atoms in total. The number of piperidine rings is 1. The van der Waals surface area contributed by atoms with Crippen LogP contribution in [0.5, 0.6) is 5.75 Å². The lowest BCUT2D eigenvalue weighted by atomic mass is 9.98. The van der Waals surface area contributed by atoms with Gasteiger partial charge in [0.05, 0.1) is 0 Å². The molecule has 0 bridgehead atoms. The number of nitrogens with zero attached hydrogens (tertiary/aromatic N) is 2. The second-order valence-corrected chi connectivity index (χ2v) is 7.84. The van der Waals surface area contributed by atoms with Gasteiger partial charge in [0.1, 0.15) is 5.75 Å². The van der Waals surface area contributed by atoms with Crippen molar-refractivity contribution >= 4 is 11.9 Å². The minimum absolute atomic E-state index is 0.0627. The fourth-order valence-corrected chi connectivity index (χ4v) is 4.22. The van der Waals surface area contributed by atoms with Crippen LogP contribution in [0.3, 0.4) is 0 Å². The van der Waals surface area contributed by atoms with Gasteiger partial charge in [-0.1, -0.05) is 12.1 Å². The maximum absolute atomic E-state index is 12.5. The number of ether oxygens (including phenoxy) is 2. The summed E-state index contributed by atoms with van der Waals surface area (Å²) in [4.78, 5) is 28.4. The summed E-state index contributed by atoms with van der Waals surface area (Å²) in [7, 11) is 0. The number of halogens is 3. The molecule has 1 aromatic rings. The number of rotatable bonds is 5. The molecule has 0 saturated carbocycles. The Morgan fingerprint density at radius 2 is 1.68 bits per heavy atom. The van der Waals surface area contributed by atoms with Gasteiger partial charge in [0.2, 0.25) is 5.91 Å². The van der Waals surface area contributed by atoms with E-state index in [1.165, 1.54) is 24.3 Å². The molecular weight excluding hydrogens is 415 g/mol. The van der Waals surface area contributed by atoms with Gasteiger partial charge >= 0.3 is 12.4 Å². The lowest BCUT2D eigenvalue weighted by Crippen LogP contribution is -2.54. The first-order valence-electron chi connectivity index (χ1n) is 10.5. The second kappa shape index (κ2) is 10.2. The fourth-order valence-electron chi connectivity index (χ4n) is 4.22. The molecule has 1 N–H and O–H groups in total. The summed E-state index contributed by atoms with van der Waals surface area (Å²) in [5, 5.41) is 2.79. The summed E-state index contributed by atoms with van der Waals surface area (Å²) in [6.45, 7) is 4.22. The molecule has 2 aliphatic rings. The van der Waals surface area contributed by atoms with Crippen LogP contribution in [0.25, 0.3) is 0 Å². The third-order valence-corrected chi connectivity index (χ3v) is 5.69. The van der Waals surface area contributed by atoms with Gasteiger partial charge in [-0.25, -0.2) is 4.79 Å². The van der Waals surface area contributed by atoms with Gasteiger partial charge in [0, 0.05) is 51.9 Å². The predicted octanol–water partition coefficient (Wildman–Crippen LogP) is 3.29. The van der Waals surface area contributed by atoms with Crippen LogP contribution in [0.4, 0.5) is 18.0 Å². The molecule has 2 saturated heterocycles. The largest absolute Gasteiger partial charge is 0.573 e. The maximum atomic E-state index is 12.5. The van der Waals surface area contributed by atoms with Crippen molar-refractivity contribution in [2.24, 2.45) is 0 Å². The Kier molecular flexibility index (Phi) is 7.64. The van der Waals surface area contributed by atoms with E-state index in [-0.39, 0.29) is 36.3 Å². The smallest absolute Gasteiger partial charge is 0.406 e. The molecule has 3 amide bonds. The highest BCUT2D eigenvalue weighted by atomic mass is 19.4. The lowest BCUT2D eigenvalue weighted by molar-refractivity contribution is -0.274. The highest BCUT2D eigenvalue weighted by Gasteiger charge is 2.33. The Balaban J connectivity index is 1.46. The van der Waals surface area contributed by atoms with Crippen molar-refractivity contribution in [3.8, 4) is 5.75 Å². The van der Waals surface area contributed by atoms with E-state index in [1.54, 1.807) is 11.8 Å². The van der Waals surface area contributed by atoms with E-state index in [9.17, 15) is 22.8 Å². The van der Waals surface area contributed by atoms with Crippen molar-refractivity contribution in [3.63, 3.8) is 0 Å². The lowest BCUT2D eigenvalue weighted by Gasteiger charge is -2.43. The number of urea groups is 1. The first kappa shape index (κ1) is 23.2. The van der Waals surface area contributed by atoms with Crippen molar-refractivity contribution in [1.82, 2.24) is 15.1 Å². The van der Waals surface area contributed by atoms with Gasteiger partial charge in [0.25, 0.3) is 0 Å². The van der Waals surface area contributed by atoms with Crippen LogP contribution in [-0.4, -0.2) is 66.5 Å². The Morgan fingerprint density at radius 3 is 2.23 bits per heavy atom. The number of hydrogen-bond acceptors (Lipinski definition) is 4. The molecule has 3 rings (SSSR count). The van der Waals surface area contributed by atoms with Crippen LogP contribution in [0, 0.1) is 0 Å². The van der Waals surface area contributed by atoms with E-state index in [0.717, 1.165) is 12.8 Å². The van der Waals surface area contributed by atoms with Crippen molar-refractivity contribution < 1.29 is 32.2 Å². The third-order valence-electron chi connectivity index (χ3n) is 5.69. The normalized spacial score (nSPS) is 18.5.